The summed E-state index contributed by atoms with van der Waals surface area (Å²) >= 11 is 2.18. The van der Waals surface area contributed by atoms with E-state index in [1.165, 1.54) is 0 Å². The zero-order valence-electron chi connectivity index (χ0n) is 18.1. The lowest BCUT2D eigenvalue weighted by atomic mass is 10.1. The van der Waals surface area contributed by atoms with Gasteiger partial charge in [0, 0.05) is 5.56 Å². The van der Waals surface area contributed by atoms with Crippen molar-refractivity contribution in [2.45, 2.75) is 13.5 Å². The Morgan fingerprint density at radius 3 is 1.45 bits per heavy atom. The summed E-state index contributed by atoms with van der Waals surface area (Å²) in [6.07, 6.45) is 0. The Morgan fingerprint density at radius 2 is 1.06 bits per heavy atom. The summed E-state index contributed by atoms with van der Waals surface area (Å²) in [6.45, 7) is 9.06. The molecule has 0 aliphatic heterocycles. The number of benzene rings is 1. The Labute approximate surface area is 199 Å². The number of hydrogen-bond donors (Lipinski definition) is 0. The van der Waals surface area contributed by atoms with Gasteiger partial charge in [-0.25, -0.2) is 0 Å². The molecule has 8 nitrogen and oxygen atoms in total. The average Bonchev–Trinajstić information content (AvgIpc) is 2.78. The molecule has 0 heterocycles. The van der Waals surface area contributed by atoms with Gasteiger partial charge in [-0.05, 0) is 34.5 Å². The molecule has 0 saturated carbocycles. The van der Waals surface area contributed by atoms with E-state index in [1.807, 2.05) is 24.3 Å². The summed E-state index contributed by atoms with van der Waals surface area (Å²) in [4.78, 5) is 11.2. The first-order chi connectivity index (χ1) is 15.2. The zero-order chi connectivity index (χ0) is 22.4. The maximum absolute atomic E-state index is 11.2. The minimum absolute atomic E-state index is 0.0644. The van der Waals surface area contributed by atoms with Gasteiger partial charge >= 0.3 is 0 Å². The second-order valence-electron chi connectivity index (χ2n) is 6.29. The smallest absolute Gasteiger partial charge is 0.159 e. The van der Waals surface area contributed by atoms with Gasteiger partial charge in [-0.2, -0.15) is 0 Å². The third kappa shape index (κ3) is 17.9. The summed E-state index contributed by atoms with van der Waals surface area (Å²) in [5.41, 5.74) is 1.74. The van der Waals surface area contributed by atoms with Crippen LogP contribution in [0.1, 0.15) is 22.8 Å². The molecule has 1 rings (SSSR count). The van der Waals surface area contributed by atoms with E-state index < -0.39 is 0 Å². The molecule has 0 spiro atoms. The molecule has 1 atom stereocenters. The molecule has 0 aromatic heterocycles. The lowest BCUT2D eigenvalue weighted by molar-refractivity contribution is -0.0185. The van der Waals surface area contributed by atoms with Crippen molar-refractivity contribution < 1.29 is 37.7 Å². The fourth-order valence-electron chi connectivity index (χ4n) is 2.26. The van der Waals surface area contributed by atoms with Crippen LogP contribution in [0.5, 0.6) is 0 Å². The van der Waals surface area contributed by atoms with Gasteiger partial charge in [0.05, 0.1) is 92.3 Å². The highest BCUT2D eigenvalue weighted by molar-refractivity contribution is 14.2. The first-order valence-electron chi connectivity index (χ1n) is 10.3. The maximum atomic E-state index is 11.2. The van der Waals surface area contributed by atoms with Crippen LogP contribution in [0.4, 0.5) is 0 Å². The van der Waals surface area contributed by atoms with Gasteiger partial charge < -0.3 is 32.9 Å². The second-order valence-corrected chi connectivity index (χ2v) is 8.06. The topological polar surface area (TPSA) is 81.7 Å². The molecule has 0 aliphatic rings. The number of ether oxygens (including phenoxy) is 6. The van der Waals surface area contributed by atoms with Crippen LogP contribution in [0.15, 0.2) is 24.3 Å². The van der Waals surface area contributed by atoms with E-state index in [-0.39, 0.29) is 5.78 Å². The van der Waals surface area contributed by atoms with Crippen LogP contribution in [-0.2, 0) is 39.6 Å². The van der Waals surface area contributed by atoms with Gasteiger partial charge in [0.15, 0.2) is 5.78 Å². The second kappa shape index (κ2) is 21.6. The molecule has 178 valence electrons. The van der Waals surface area contributed by atoms with E-state index in [2.05, 4.69) is 22.0 Å². The largest absolute Gasteiger partial charge is 0.377 e. The Hall–Kier alpha value is -0.230. The Kier molecular flexibility index (Phi) is 20.1. The van der Waals surface area contributed by atoms with Gasteiger partial charge in [0.25, 0.3) is 0 Å². The molecule has 0 radical (unpaired) electrons. The van der Waals surface area contributed by atoms with Crippen LogP contribution in [0, 0.1) is 0 Å². The highest BCUT2D eigenvalue weighted by atomic mass is 127. The summed E-state index contributed by atoms with van der Waals surface area (Å²) in [5, 5.41) is 0. The summed E-state index contributed by atoms with van der Waals surface area (Å²) in [6, 6.07) is 7.43. The Balaban J connectivity index is 1.75. The van der Waals surface area contributed by atoms with Crippen molar-refractivity contribution in [1.29, 1.82) is 0 Å². The number of ketones is 1. The molecular weight excluding hydrogens is 538 g/mol. The van der Waals surface area contributed by atoms with E-state index in [4.69, 9.17) is 32.9 Å². The van der Waals surface area contributed by atoms with Gasteiger partial charge in [-0.15, -0.1) is 0 Å². The van der Waals surface area contributed by atoms with Crippen LogP contribution < -0.4 is 0 Å². The van der Waals surface area contributed by atoms with Gasteiger partial charge in [-0.3, -0.25) is 4.79 Å². The lowest BCUT2D eigenvalue weighted by Gasteiger charge is -2.08. The number of hydrogen-bond acceptors (Lipinski definition) is 8. The molecule has 1 aromatic rings. The van der Waals surface area contributed by atoms with E-state index in [9.17, 15) is 4.79 Å². The quantitative estimate of drug-likeness (QED) is 0.0906. The highest BCUT2D eigenvalue weighted by Gasteiger charge is 1.99. The van der Waals surface area contributed by atoms with Crippen LogP contribution in [0.3, 0.4) is 0 Å². The van der Waals surface area contributed by atoms with Crippen molar-refractivity contribution in [3.63, 3.8) is 0 Å². The average molecular weight is 572 g/mol. The Morgan fingerprint density at radius 1 is 0.677 bits per heavy atom. The molecule has 0 amide bonds. The molecule has 0 bridgehead atoms. The fourth-order valence-corrected chi connectivity index (χ4v) is 3.09. The minimum atomic E-state index is 0.0644. The van der Waals surface area contributed by atoms with Crippen LogP contribution in [0.2, 0.25) is 0 Å². The third-order valence-corrected chi connectivity index (χ3v) is 5.12. The summed E-state index contributed by atoms with van der Waals surface area (Å²) in [7, 11) is 0. The molecule has 10 heteroatoms. The molecule has 31 heavy (non-hydrogen) atoms. The number of carbonyl (C=O) groups is 1. The van der Waals surface area contributed by atoms with E-state index in [1.54, 1.807) is 6.92 Å². The van der Waals surface area contributed by atoms with Crippen molar-refractivity contribution in [2.75, 3.05) is 79.3 Å². The predicted octanol–water partition coefficient (Wildman–Crippen LogP) is 3.45. The van der Waals surface area contributed by atoms with Gasteiger partial charge in [0.1, 0.15) is 0 Å². The summed E-state index contributed by atoms with van der Waals surface area (Å²) in [5.74, 6) is 0.0644. The van der Waals surface area contributed by atoms with Gasteiger partial charge in [-0.1, -0.05) is 24.3 Å². The van der Waals surface area contributed by atoms with Crippen molar-refractivity contribution >= 4 is 34.3 Å². The van der Waals surface area contributed by atoms with E-state index in [0.29, 0.717) is 97.9 Å². The Bertz CT molecular complexity index is 547. The SMILES string of the molecule is CC(=O)c1ccc(COCCOCCOCCOCCOCCOCCOPI)cc1. The van der Waals surface area contributed by atoms with Gasteiger partial charge in [0.2, 0.25) is 0 Å². The monoisotopic (exact) mass is 572 g/mol. The fraction of sp³-hybridized carbons (Fsp3) is 0.667. The normalized spacial score (nSPS) is 11.5. The minimum Gasteiger partial charge on any atom is -0.377 e. The van der Waals surface area contributed by atoms with Crippen molar-refractivity contribution in [2.24, 2.45) is 0 Å². The lowest BCUT2D eigenvalue weighted by Crippen LogP contribution is -2.14. The third-order valence-electron chi connectivity index (χ3n) is 3.87. The number of carbonyl (C=O) groups excluding carboxylic acids is 1. The molecule has 0 saturated heterocycles. The zero-order valence-corrected chi connectivity index (χ0v) is 21.3. The van der Waals surface area contributed by atoms with Crippen LogP contribution >= 0.6 is 28.5 Å². The maximum Gasteiger partial charge on any atom is 0.159 e. The number of Topliss-reactive ketones (excluding diaryl/α,β-unsaturated/α-hetero) is 1. The molecule has 0 N–H and O–H groups in total. The van der Waals surface area contributed by atoms with Crippen molar-refractivity contribution in [3.8, 4) is 0 Å². The molecule has 0 aliphatic carbocycles. The predicted molar refractivity (Wildman–Crippen MR) is 128 cm³/mol. The molecule has 0 fully saturated rings. The van der Waals surface area contributed by atoms with Crippen molar-refractivity contribution in [3.05, 3.63) is 35.4 Å². The number of halogens is 1. The van der Waals surface area contributed by atoms with E-state index >= 15 is 0 Å². The molecule has 1 unspecified atom stereocenters. The standard InChI is InChI=1S/C21H34IO8P/c1-19(23)21-4-2-20(3-5-21)18-29-15-14-27-11-10-25-7-6-24-8-9-26-12-13-28-16-17-30-31-22/h2-5,31H,6-18H2,1H3. The molecule has 1 aromatic carbocycles. The summed E-state index contributed by atoms with van der Waals surface area (Å²) < 4.78 is 37.8. The first kappa shape index (κ1) is 28.8. The highest BCUT2D eigenvalue weighted by Crippen LogP contribution is 2.20. The van der Waals surface area contributed by atoms with Crippen molar-refractivity contribution in [1.82, 2.24) is 0 Å². The van der Waals surface area contributed by atoms with Crippen LogP contribution in [0.25, 0.3) is 0 Å². The molecular formula is C21H34IO8P. The van der Waals surface area contributed by atoms with Crippen LogP contribution in [-0.4, -0.2) is 85.1 Å². The number of rotatable bonds is 22. The first-order valence-corrected chi connectivity index (χ1v) is 14.3. The van der Waals surface area contributed by atoms with E-state index in [0.717, 1.165) is 5.56 Å².